The van der Waals surface area contributed by atoms with Gasteiger partial charge in [-0.2, -0.15) is 0 Å². The van der Waals surface area contributed by atoms with E-state index in [-0.39, 0.29) is 57.8 Å². The van der Waals surface area contributed by atoms with E-state index in [2.05, 4.69) is 6.92 Å². The average molecular weight is 276 g/mol. The molecule has 0 saturated carbocycles. The fourth-order valence-electron chi connectivity index (χ4n) is 1.35. The molecule has 0 aliphatic rings. The summed E-state index contributed by atoms with van der Waals surface area (Å²) in [6.45, 7) is 3.47. The zero-order valence-corrected chi connectivity index (χ0v) is 14.4. The van der Waals surface area contributed by atoms with Gasteiger partial charge in [-0.15, -0.1) is 0 Å². The molecule has 0 radical (unpaired) electrons. The minimum atomic E-state index is -4.18. The quantitative estimate of drug-likeness (QED) is 0.338. The van der Waals surface area contributed by atoms with Gasteiger partial charge in [-0.05, 0) is 26.2 Å². The van der Waals surface area contributed by atoms with Crippen LogP contribution in [0.1, 0.15) is 52.4 Å². The topological polar surface area (TPSA) is 77.4 Å². The van der Waals surface area contributed by atoms with Gasteiger partial charge in [0.25, 0.3) is 0 Å². The molecule has 0 aromatic heterocycles. The van der Waals surface area contributed by atoms with E-state index in [9.17, 15) is 18.1 Å². The summed E-state index contributed by atoms with van der Waals surface area (Å²) >= 11 is 0. The molecule has 0 saturated heterocycles. The second kappa shape index (κ2) is 10.4. The maximum absolute atomic E-state index is 10.6. The molecule has 4 nitrogen and oxygen atoms in total. The Bertz CT molecular complexity index is 254. The zero-order chi connectivity index (χ0) is 11.9. The van der Waals surface area contributed by atoms with Crippen LogP contribution in [0.15, 0.2) is 0 Å². The van der Waals surface area contributed by atoms with Gasteiger partial charge < -0.3 is 9.66 Å². The Labute approximate surface area is 141 Å². The molecule has 0 aliphatic heterocycles. The largest absolute Gasteiger partial charge is 1.00 e. The van der Waals surface area contributed by atoms with E-state index < -0.39 is 21.5 Å². The van der Waals surface area contributed by atoms with Crippen molar-refractivity contribution in [3.63, 3.8) is 0 Å². The first-order chi connectivity index (χ1) is 6.88. The third kappa shape index (κ3) is 10.6. The van der Waals surface area contributed by atoms with Crippen LogP contribution in [0.4, 0.5) is 0 Å². The molecule has 0 amide bonds. The Morgan fingerprint density at radius 3 is 2.19 bits per heavy atom. The summed E-state index contributed by atoms with van der Waals surface area (Å²) in [4.78, 5) is 0. The van der Waals surface area contributed by atoms with Crippen LogP contribution in [0.5, 0.6) is 0 Å². The zero-order valence-electron chi connectivity index (χ0n) is 10.5. The number of rotatable bonds is 8. The Hall–Kier alpha value is 1.51. The van der Waals surface area contributed by atoms with Crippen LogP contribution in [0.3, 0.4) is 0 Å². The minimum absolute atomic E-state index is 0. The third-order valence-electron chi connectivity index (χ3n) is 2.54. The summed E-state index contributed by atoms with van der Waals surface area (Å²) in [5.41, 5.74) is 0. The molecular formula is C10H21KO4S. The van der Waals surface area contributed by atoms with E-state index in [1.165, 1.54) is 6.92 Å². The van der Waals surface area contributed by atoms with Gasteiger partial charge in [0.1, 0.15) is 0 Å². The Morgan fingerprint density at radius 1 is 1.19 bits per heavy atom. The van der Waals surface area contributed by atoms with Crippen molar-refractivity contribution >= 4 is 10.1 Å². The van der Waals surface area contributed by atoms with Gasteiger partial charge in [0, 0.05) is 5.25 Å². The molecule has 0 fully saturated rings. The molecule has 16 heavy (non-hydrogen) atoms. The Morgan fingerprint density at radius 2 is 1.75 bits per heavy atom. The maximum atomic E-state index is 10.6. The van der Waals surface area contributed by atoms with Crippen LogP contribution in [-0.4, -0.2) is 29.4 Å². The Balaban J connectivity index is 0. The van der Waals surface area contributed by atoms with Crippen molar-refractivity contribution in [1.29, 1.82) is 0 Å². The summed E-state index contributed by atoms with van der Waals surface area (Å²) in [6.07, 6.45) is 3.99. The second-order valence-electron chi connectivity index (χ2n) is 4.03. The number of aliphatic hydroxyl groups excluding tert-OH is 1. The molecule has 2 unspecified atom stereocenters. The van der Waals surface area contributed by atoms with E-state index >= 15 is 0 Å². The molecule has 0 aromatic carbocycles. The first-order valence-electron chi connectivity index (χ1n) is 5.50. The molecule has 92 valence electrons. The van der Waals surface area contributed by atoms with E-state index in [0.717, 1.165) is 19.3 Å². The predicted molar refractivity (Wildman–Crippen MR) is 58.5 cm³/mol. The summed E-state index contributed by atoms with van der Waals surface area (Å²) in [5.74, 6) is 0. The van der Waals surface area contributed by atoms with Gasteiger partial charge in [0.05, 0.1) is 16.2 Å². The van der Waals surface area contributed by atoms with E-state index in [0.29, 0.717) is 12.8 Å². The monoisotopic (exact) mass is 276 g/mol. The fourth-order valence-corrected chi connectivity index (χ4v) is 1.77. The summed E-state index contributed by atoms with van der Waals surface area (Å²) in [6, 6.07) is 0. The molecule has 0 bridgehead atoms. The number of hydrogen-bond acceptors (Lipinski definition) is 4. The van der Waals surface area contributed by atoms with E-state index in [4.69, 9.17) is 0 Å². The first kappa shape index (κ1) is 19.8. The summed E-state index contributed by atoms with van der Waals surface area (Å²) < 4.78 is 31.7. The molecule has 1 N–H and O–H groups in total. The van der Waals surface area contributed by atoms with Gasteiger partial charge in [0.2, 0.25) is 0 Å². The molecule has 2 atom stereocenters. The molecule has 0 aromatic rings. The predicted octanol–water partition coefficient (Wildman–Crippen LogP) is -1.35. The van der Waals surface area contributed by atoms with Crippen molar-refractivity contribution in [2.45, 2.75) is 63.7 Å². The number of aliphatic hydroxyl groups is 1. The molecule has 0 heterocycles. The van der Waals surface area contributed by atoms with Gasteiger partial charge in [-0.25, -0.2) is 8.42 Å². The van der Waals surface area contributed by atoms with Crippen LogP contribution in [0, 0.1) is 0 Å². The molecule has 0 rings (SSSR count). The van der Waals surface area contributed by atoms with Gasteiger partial charge >= 0.3 is 51.4 Å². The van der Waals surface area contributed by atoms with Crippen molar-refractivity contribution in [3.05, 3.63) is 0 Å². The average Bonchev–Trinajstić information content (AvgIpc) is 2.13. The summed E-state index contributed by atoms with van der Waals surface area (Å²) in [5, 5.41) is 8.60. The van der Waals surface area contributed by atoms with Crippen molar-refractivity contribution in [3.8, 4) is 0 Å². The molecular weight excluding hydrogens is 255 g/mol. The van der Waals surface area contributed by atoms with Crippen LogP contribution in [-0.2, 0) is 10.1 Å². The maximum Gasteiger partial charge on any atom is 1.00 e. The van der Waals surface area contributed by atoms with Crippen LogP contribution in [0.2, 0.25) is 0 Å². The van der Waals surface area contributed by atoms with Crippen LogP contribution >= 0.6 is 0 Å². The van der Waals surface area contributed by atoms with Crippen molar-refractivity contribution < 1.29 is 69.5 Å². The van der Waals surface area contributed by atoms with E-state index in [1.807, 2.05) is 0 Å². The standard InChI is InChI=1S/C10H22O4S.K/c1-3-4-5-6-10(11)8-7-9(2)15(12,13)14;/h9-11H,3-8H2,1-2H3,(H,12,13,14);/q;+1/p-1. The smallest absolute Gasteiger partial charge is 0.748 e. The number of hydrogen-bond donors (Lipinski definition) is 1. The van der Waals surface area contributed by atoms with Crippen molar-refractivity contribution in [2.75, 3.05) is 0 Å². The van der Waals surface area contributed by atoms with Crippen molar-refractivity contribution in [2.24, 2.45) is 0 Å². The molecule has 6 heteroatoms. The van der Waals surface area contributed by atoms with Gasteiger partial charge in [-0.1, -0.05) is 26.2 Å². The summed E-state index contributed by atoms with van der Waals surface area (Å²) in [7, 11) is -4.18. The number of unbranched alkanes of at least 4 members (excludes halogenated alkanes) is 2. The van der Waals surface area contributed by atoms with Gasteiger partial charge in [-0.3, -0.25) is 0 Å². The fraction of sp³-hybridized carbons (Fsp3) is 1.00. The van der Waals surface area contributed by atoms with Crippen LogP contribution in [0.25, 0.3) is 0 Å². The van der Waals surface area contributed by atoms with Gasteiger partial charge in [0.15, 0.2) is 0 Å². The molecule has 0 spiro atoms. The minimum Gasteiger partial charge on any atom is -0.748 e. The van der Waals surface area contributed by atoms with E-state index in [1.54, 1.807) is 0 Å². The van der Waals surface area contributed by atoms with Crippen molar-refractivity contribution in [1.82, 2.24) is 0 Å². The SMILES string of the molecule is CCCCCC(O)CCC(C)S(=O)(=O)[O-].[K+]. The Kier molecular flexibility index (Phi) is 12.9. The normalized spacial score (nSPS) is 15.2. The molecule has 0 aliphatic carbocycles. The second-order valence-corrected chi connectivity index (χ2v) is 5.82. The van der Waals surface area contributed by atoms with Crippen LogP contribution < -0.4 is 51.4 Å². The first-order valence-corrected chi connectivity index (χ1v) is 6.97. The third-order valence-corrected chi connectivity index (χ3v) is 3.76.